The molecule has 0 bridgehead atoms. The average Bonchev–Trinajstić information content (AvgIpc) is 2.87. The van der Waals surface area contributed by atoms with Gasteiger partial charge >= 0.3 is 17.9 Å². The van der Waals surface area contributed by atoms with Crippen molar-refractivity contribution in [2.75, 3.05) is 18.5 Å². The maximum Gasteiger partial charge on any atom is 0.339 e. The number of cyclic esters (lactones) is 1. The molecule has 0 radical (unpaired) electrons. The van der Waals surface area contributed by atoms with E-state index in [4.69, 9.17) is 19.9 Å². The number of halogens is 1. The van der Waals surface area contributed by atoms with Gasteiger partial charge in [-0.05, 0) is 39.0 Å². The van der Waals surface area contributed by atoms with Gasteiger partial charge in [-0.1, -0.05) is 15.9 Å². The fourth-order valence-corrected chi connectivity index (χ4v) is 3.91. The highest BCUT2D eigenvalue weighted by atomic mass is 79.9. The largest absolute Gasteiger partial charge is 0.462 e. The molecule has 1 atom stereocenters. The van der Waals surface area contributed by atoms with Crippen molar-refractivity contribution in [3.05, 3.63) is 51.0 Å². The number of nitrogens with two attached hydrogens (primary N) is 1. The van der Waals surface area contributed by atoms with E-state index in [-0.39, 0.29) is 35.9 Å². The van der Waals surface area contributed by atoms with Gasteiger partial charge in [0.15, 0.2) is 5.41 Å². The number of esters is 3. The first kappa shape index (κ1) is 19.9. The molecule has 2 aliphatic heterocycles. The van der Waals surface area contributed by atoms with Crippen LogP contribution in [0.25, 0.3) is 0 Å². The first-order valence-corrected chi connectivity index (χ1v) is 9.43. The first-order valence-electron chi connectivity index (χ1n) is 8.64. The molecule has 148 valence electrons. The summed E-state index contributed by atoms with van der Waals surface area (Å²) in [4.78, 5) is 38.9. The molecular weight excluding hydrogens is 432 g/mol. The molecule has 8 nitrogen and oxygen atoms in total. The number of fused-ring (bicyclic) bond motifs is 2. The average molecular weight is 451 g/mol. The van der Waals surface area contributed by atoms with E-state index in [9.17, 15) is 14.4 Å². The summed E-state index contributed by atoms with van der Waals surface area (Å²) in [5, 5.41) is 2.91. The van der Waals surface area contributed by atoms with Crippen LogP contribution in [0.15, 0.2) is 45.4 Å². The molecule has 3 rings (SSSR count). The number of nitrogens with one attached hydrogen (secondary N) is 1. The van der Waals surface area contributed by atoms with E-state index >= 15 is 0 Å². The highest BCUT2D eigenvalue weighted by Gasteiger charge is 2.62. The molecule has 28 heavy (non-hydrogen) atoms. The third kappa shape index (κ3) is 2.77. The Bertz CT molecular complexity index is 952. The smallest absolute Gasteiger partial charge is 0.339 e. The normalized spacial score (nSPS) is 20.6. The van der Waals surface area contributed by atoms with Crippen molar-refractivity contribution in [1.29, 1.82) is 0 Å². The maximum absolute atomic E-state index is 13.2. The molecule has 0 saturated heterocycles. The van der Waals surface area contributed by atoms with Gasteiger partial charge in [-0.25, -0.2) is 14.4 Å². The Kier molecular flexibility index (Phi) is 5.20. The van der Waals surface area contributed by atoms with E-state index in [2.05, 4.69) is 21.2 Å². The van der Waals surface area contributed by atoms with Gasteiger partial charge in [-0.3, -0.25) is 0 Å². The summed E-state index contributed by atoms with van der Waals surface area (Å²) in [5.74, 6) is -2.47. The number of carbonyl (C=O) groups excluding carboxylic acids is 3. The molecule has 0 aliphatic carbocycles. The van der Waals surface area contributed by atoms with Crippen LogP contribution in [0, 0.1) is 0 Å². The van der Waals surface area contributed by atoms with E-state index in [1.165, 1.54) is 6.92 Å². The summed E-state index contributed by atoms with van der Waals surface area (Å²) in [7, 11) is 0. The zero-order chi connectivity index (χ0) is 20.6. The summed E-state index contributed by atoms with van der Waals surface area (Å²) in [5.41, 5.74) is 4.75. The number of carbonyl (C=O) groups is 3. The van der Waals surface area contributed by atoms with Crippen LogP contribution in [0.2, 0.25) is 0 Å². The van der Waals surface area contributed by atoms with Crippen molar-refractivity contribution in [3.8, 4) is 0 Å². The summed E-state index contributed by atoms with van der Waals surface area (Å²) in [6.45, 7) is 4.88. The zero-order valence-electron chi connectivity index (χ0n) is 15.6. The predicted molar refractivity (Wildman–Crippen MR) is 103 cm³/mol. The van der Waals surface area contributed by atoms with Gasteiger partial charge in [0.25, 0.3) is 0 Å². The van der Waals surface area contributed by atoms with Crippen molar-refractivity contribution < 1.29 is 28.6 Å². The second kappa shape index (κ2) is 7.31. The van der Waals surface area contributed by atoms with E-state index < -0.39 is 23.3 Å². The quantitative estimate of drug-likeness (QED) is 0.529. The molecule has 9 heteroatoms. The van der Waals surface area contributed by atoms with E-state index in [1.807, 2.05) is 0 Å². The minimum atomic E-state index is -1.89. The van der Waals surface area contributed by atoms with E-state index in [0.29, 0.717) is 15.7 Å². The monoisotopic (exact) mass is 450 g/mol. The Hall–Kier alpha value is -2.81. The molecule has 1 spiro atoms. The van der Waals surface area contributed by atoms with Gasteiger partial charge in [0.05, 0.1) is 13.2 Å². The van der Waals surface area contributed by atoms with Gasteiger partial charge in [0.2, 0.25) is 0 Å². The van der Waals surface area contributed by atoms with Gasteiger partial charge < -0.3 is 25.3 Å². The van der Waals surface area contributed by atoms with Gasteiger partial charge in [0, 0.05) is 15.7 Å². The summed E-state index contributed by atoms with van der Waals surface area (Å²) in [6, 6.07) is 5.05. The molecule has 0 saturated carbocycles. The number of anilines is 1. The lowest BCUT2D eigenvalue weighted by atomic mass is 9.67. The first-order chi connectivity index (χ1) is 13.3. The van der Waals surface area contributed by atoms with Crippen molar-refractivity contribution in [2.45, 2.75) is 26.2 Å². The fraction of sp³-hybridized carbons (Fsp3) is 0.316. The third-order valence-corrected chi connectivity index (χ3v) is 5.03. The van der Waals surface area contributed by atoms with Gasteiger partial charge in [-0.2, -0.15) is 0 Å². The molecule has 0 fully saturated rings. The van der Waals surface area contributed by atoms with Gasteiger partial charge in [0.1, 0.15) is 22.7 Å². The Balaban J connectivity index is 2.40. The summed E-state index contributed by atoms with van der Waals surface area (Å²) in [6.07, 6.45) is 0. The molecular formula is C19H19BrN2O6. The zero-order valence-corrected chi connectivity index (χ0v) is 17.1. The minimum absolute atomic E-state index is 0.0471. The highest BCUT2D eigenvalue weighted by Crippen LogP contribution is 2.53. The van der Waals surface area contributed by atoms with Crippen molar-refractivity contribution >= 4 is 39.5 Å². The SMILES string of the molecule is CCOC(=O)C1=C(N)Nc2ccc(Br)cc2C12C(=O)OC(C)=C2C(=O)OCC. The summed E-state index contributed by atoms with van der Waals surface area (Å²) >= 11 is 3.37. The second-order valence-corrected chi connectivity index (χ2v) is 7.03. The number of hydrogen-bond donors (Lipinski definition) is 2. The van der Waals surface area contributed by atoms with Crippen LogP contribution in [0.5, 0.6) is 0 Å². The standard InChI is InChI=1S/C19H19BrN2O6/c1-4-26-16(23)13-9(3)28-18(25)19(13)11-8-10(20)6-7-12(11)22-15(21)14(19)17(24)27-5-2/h6-8,22H,4-5,21H2,1-3H3. The Labute approximate surface area is 169 Å². The molecule has 1 aromatic carbocycles. The Morgan fingerprint density at radius 3 is 2.39 bits per heavy atom. The summed E-state index contributed by atoms with van der Waals surface area (Å²) < 4.78 is 16.3. The Morgan fingerprint density at radius 2 is 1.79 bits per heavy atom. The maximum atomic E-state index is 13.2. The van der Waals surface area contributed by atoms with Crippen LogP contribution < -0.4 is 11.1 Å². The lowest BCUT2D eigenvalue weighted by Crippen LogP contribution is -2.47. The lowest BCUT2D eigenvalue weighted by molar-refractivity contribution is -0.147. The molecule has 3 N–H and O–H groups in total. The molecule has 1 aromatic rings. The van der Waals surface area contributed by atoms with Crippen LogP contribution in [0.4, 0.5) is 5.69 Å². The topological polar surface area (TPSA) is 117 Å². The molecule has 0 amide bonds. The van der Waals surface area contributed by atoms with Crippen LogP contribution in [-0.2, 0) is 34.0 Å². The van der Waals surface area contributed by atoms with E-state index in [1.54, 1.807) is 32.0 Å². The highest BCUT2D eigenvalue weighted by molar-refractivity contribution is 9.10. The molecule has 1 unspecified atom stereocenters. The fourth-order valence-electron chi connectivity index (χ4n) is 3.55. The second-order valence-electron chi connectivity index (χ2n) is 6.12. The van der Waals surface area contributed by atoms with Gasteiger partial charge in [-0.15, -0.1) is 0 Å². The van der Waals surface area contributed by atoms with Crippen LogP contribution >= 0.6 is 15.9 Å². The van der Waals surface area contributed by atoms with E-state index in [0.717, 1.165) is 0 Å². The number of allylic oxidation sites excluding steroid dienone is 1. The van der Waals surface area contributed by atoms with Crippen LogP contribution in [-0.4, -0.2) is 31.1 Å². The molecule has 0 aromatic heterocycles. The lowest BCUT2D eigenvalue weighted by Gasteiger charge is -2.36. The number of benzene rings is 1. The molecule has 2 heterocycles. The number of rotatable bonds is 4. The van der Waals surface area contributed by atoms with Crippen LogP contribution in [0.3, 0.4) is 0 Å². The Morgan fingerprint density at radius 1 is 1.18 bits per heavy atom. The molecule has 2 aliphatic rings. The number of ether oxygens (including phenoxy) is 3. The predicted octanol–water partition coefficient (Wildman–Crippen LogP) is 2.24. The third-order valence-electron chi connectivity index (χ3n) is 4.54. The minimum Gasteiger partial charge on any atom is -0.462 e. The van der Waals surface area contributed by atoms with Crippen LogP contribution in [0.1, 0.15) is 26.3 Å². The number of hydrogen-bond acceptors (Lipinski definition) is 8. The van der Waals surface area contributed by atoms with Crippen molar-refractivity contribution in [3.63, 3.8) is 0 Å². The van der Waals surface area contributed by atoms with Crippen molar-refractivity contribution in [2.24, 2.45) is 5.73 Å². The van der Waals surface area contributed by atoms with Crippen molar-refractivity contribution in [1.82, 2.24) is 0 Å².